The zero-order valence-electron chi connectivity index (χ0n) is 12.5. The number of hydrogen-bond donors (Lipinski definition) is 1. The highest BCUT2D eigenvalue weighted by molar-refractivity contribution is 6.31. The average Bonchev–Trinajstić information content (AvgIpc) is 3.09. The van der Waals surface area contributed by atoms with E-state index in [0.29, 0.717) is 24.2 Å². The van der Waals surface area contributed by atoms with Gasteiger partial charge in [0.2, 0.25) is 0 Å². The van der Waals surface area contributed by atoms with Crippen molar-refractivity contribution in [1.29, 1.82) is 0 Å². The molecule has 2 bridgehead atoms. The Morgan fingerprint density at radius 1 is 1.50 bits per heavy atom. The lowest BCUT2D eigenvalue weighted by Crippen LogP contribution is -2.42. The Hall–Kier alpha value is -0.580. The molecule has 2 aliphatic heterocycles. The van der Waals surface area contributed by atoms with Crippen LogP contribution >= 0.6 is 11.6 Å². The van der Waals surface area contributed by atoms with Gasteiger partial charge >= 0.3 is 0 Å². The lowest BCUT2D eigenvalue weighted by atomic mass is 9.82. The van der Waals surface area contributed by atoms with E-state index in [1.54, 1.807) is 0 Å². The Kier molecular flexibility index (Phi) is 4.07. The van der Waals surface area contributed by atoms with Crippen LogP contribution in [-0.4, -0.2) is 34.6 Å². The average molecular weight is 298 g/mol. The summed E-state index contributed by atoms with van der Waals surface area (Å²) in [7, 11) is 1.98. The monoisotopic (exact) mass is 297 g/mol. The molecule has 0 radical (unpaired) electrons. The topological polar surface area (TPSA) is 39.1 Å². The number of rotatable bonds is 5. The highest BCUT2D eigenvalue weighted by atomic mass is 35.5. The van der Waals surface area contributed by atoms with E-state index in [-0.39, 0.29) is 0 Å². The summed E-state index contributed by atoms with van der Waals surface area (Å²) < 4.78 is 7.95. The molecule has 1 N–H and O–H groups in total. The Morgan fingerprint density at radius 2 is 2.30 bits per heavy atom. The minimum Gasteiger partial charge on any atom is -0.375 e. The van der Waals surface area contributed by atoms with Gasteiger partial charge in [0.25, 0.3) is 0 Å². The first-order chi connectivity index (χ1) is 9.60. The van der Waals surface area contributed by atoms with Crippen LogP contribution in [0.3, 0.4) is 0 Å². The van der Waals surface area contributed by atoms with Crippen molar-refractivity contribution >= 4 is 11.6 Å². The van der Waals surface area contributed by atoms with Crippen LogP contribution in [0.2, 0.25) is 5.02 Å². The number of hydrogen-bond acceptors (Lipinski definition) is 3. The molecule has 4 unspecified atom stereocenters. The number of ether oxygens (including phenoxy) is 1. The quantitative estimate of drug-likeness (QED) is 0.907. The van der Waals surface area contributed by atoms with Gasteiger partial charge in [0.15, 0.2) is 0 Å². The van der Waals surface area contributed by atoms with Gasteiger partial charge in [-0.15, -0.1) is 0 Å². The highest BCUT2D eigenvalue weighted by Gasteiger charge is 2.44. The van der Waals surface area contributed by atoms with Gasteiger partial charge in [-0.2, -0.15) is 5.10 Å². The fourth-order valence-corrected chi connectivity index (χ4v) is 4.09. The van der Waals surface area contributed by atoms with E-state index in [0.717, 1.165) is 29.4 Å². The predicted octanol–water partition coefficient (Wildman–Crippen LogP) is 2.47. The van der Waals surface area contributed by atoms with Crippen molar-refractivity contribution in [1.82, 2.24) is 15.1 Å². The first-order valence-electron chi connectivity index (χ1n) is 7.67. The molecule has 4 atom stereocenters. The van der Waals surface area contributed by atoms with Gasteiger partial charge in [-0.25, -0.2) is 0 Å². The van der Waals surface area contributed by atoms with Gasteiger partial charge in [-0.1, -0.05) is 18.5 Å². The van der Waals surface area contributed by atoms with Gasteiger partial charge < -0.3 is 10.1 Å². The SMILES string of the molecule is CCNC(Cc1c(Cl)c(C)nn1C)C1CC2CCC1O2. The molecule has 0 spiro atoms. The highest BCUT2D eigenvalue weighted by Crippen LogP contribution is 2.41. The molecule has 2 saturated heterocycles. The summed E-state index contributed by atoms with van der Waals surface area (Å²) >= 11 is 6.40. The molecule has 112 valence electrons. The number of likely N-dealkylation sites (N-methyl/N-ethyl adjacent to an activating group) is 1. The predicted molar refractivity (Wildman–Crippen MR) is 80.1 cm³/mol. The van der Waals surface area contributed by atoms with E-state index in [9.17, 15) is 0 Å². The molecule has 0 saturated carbocycles. The maximum atomic E-state index is 6.40. The van der Waals surface area contributed by atoms with Gasteiger partial charge in [-0.3, -0.25) is 4.68 Å². The third kappa shape index (κ3) is 2.49. The zero-order chi connectivity index (χ0) is 14.3. The summed E-state index contributed by atoms with van der Waals surface area (Å²) in [6, 6.07) is 0.433. The first-order valence-corrected chi connectivity index (χ1v) is 8.04. The van der Waals surface area contributed by atoms with Gasteiger partial charge in [-0.05, 0) is 32.7 Å². The fourth-order valence-electron chi connectivity index (χ4n) is 3.85. The molecule has 5 heteroatoms. The summed E-state index contributed by atoms with van der Waals surface area (Å²) in [5.41, 5.74) is 2.06. The molecule has 1 aromatic rings. The molecule has 0 aromatic carbocycles. The normalized spacial score (nSPS) is 30.1. The lowest BCUT2D eigenvalue weighted by Gasteiger charge is -2.29. The minimum atomic E-state index is 0.433. The second kappa shape index (κ2) is 5.66. The minimum absolute atomic E-state index is 0.433. The molecule has 3 rings (SSSR count). The molecule has 2 fully saturated rings. The van der Waals surface area contributed by atoms with Crippen molar-refractivity contribution in [3.63, 3.8) is 0 Å². The number of aromatic nitrogens is 2. The largest absolute Gasteiger partial charge is 0.375 e. The van der Waals surface area contributed by atoms with Gasteiger partial charge in [0, 0.05) is 25.4 Å². The van der Waals surface area contributed by atoms with Crippen molar-refractivity contribution in [2.24, 2.45) is 13.0 Å². The number of nitrogens with one attached hydrogen (secondary N) is 1. The molecule has 4 nitrogen and oxygen atoms in total. The van der Waals surface area contributed by atoms with Gasteiger partial charge in [0.1, 0.15) is 0 Å². The molecule has 0 aliphatic carbocycles. The van der Waals surface area contributed by atoms with Crippen molar-refractivity contribution in [3.05, 3.63) is 16.4 Å². The maximum Gasteiger partial charge on any atom is 0.0847 e. The molecule has 20 heavy (non-hydrogen) atoms. The summed E-state index contributed by atoms with van der Waals surface area (Å²) in [5, 5.41) is 8.88. The zero-order valence-corrected chi connectivity index (χ0v) is 13.3. The summed E-state index contributed by atoms with van der Waals surface area (Å²) in [6.45, 7) is 5.11. The molecule has 0 amide bonds. The van der Waals surface area contributed by atoms with Crippen molar-refractivity contribution in [2.75, 3.05) is 6.54 Å². The van der Waals surface area contributed by atoms with Crippen molar-refractivity contribution < 1.29 is 4.74 Å². The Balaban J connectivity index is 1.77. The van der Waals surface area contributed by atoms with Crippen LogP contribution in [0.4, 0.5) is 0 Å². The van der Waals surface area contributed by atoms with Crippen LogP contribution in [0.5, 0.6) is 0 Å². The maximum absolute atomic E-state index is 6.40. The van der Waals surface area contributed by atoms with Crippen LogP contribution in [0.15, 0.2) is 0 Å². The molecule has 3 heterocycles. The Morgan fingerprint density at radius 3 is 2.80 bits per heavy atom. The van der Waals surface area contributed by atoms with Crippen LogP contribution in [0.1, 0.15) is 37.6 Å². The lowest BCUT2D eigenvalue weighted by molar-refractivity contribution is 0.0857. The van der Waals surface area contributed by atoms with E-state index >= 15 is 0 Å². The third-order valence-electron chi connectivity index (χ3n) is 4.81. The fraction of sp³-hybridized carbons (Fsp3) is 0.800. The smallest absolute Gasteiger partial charge is 0.0847 e. The Labute approximate surface area is 125 Å². The van der Waals surface area contributed by atoms with Gasteiger partial charge in [0.05, 0.1) is 28.6 Å². The Bertz CT molecular complexity index is 488. The summed E-state index contributed by atoms with van der Waals surface area (Å²) in [5.74, 6) is 0.611. The van der Waals surface area contributed by atoms with Crippen molar-refractivity contribution in [2.45, 2.75) is 57.8 Å². The molecule has 1 aromatic heterocycles. The number of halogens is 1. The van der Waals surface area contributed by atoms with Crippen LogP contribution < -0.4 is 5.32 Å². The van der Waals surface area contributed by atoms with E-state index in [1.165, 1.54) is 19.3 Å². The molecular formula is C15H24ClN3O. The van der Waals surface area contributed by atoms with Crippen LogP contribution in [-0.2, 0) is 18.2 Å². The van der Waals surface area contributed by atoms with Crippen molar-refractivity contribution in [3.8, 4) is 0 Å². The van der Waals surface area contributed by atoms with Crippen LogP contribution in [0.25, 0.3) is 0 Å². The number of aryl methyl sites for hydroxylation is 2. The number of fused-ring (bicyclic) bond motifs is 2. The summed E-state index contributed by atoms with van der Waals surface area (Å²) in [6.07, 6.45) is 5.52. The second-order valence-corrected chi connectivity index (χ2v) is 6.49. The van der Waals surface area contributed by atoms with Crippen LogP contribution in [0, 0.1) is 12.8 Å². The molecular weight excluding hydrogens is 274 g/mol. The van der Waals surface area contributed by atoms with E-state index in [1.807, 2.05) is 18.7 Å². The van der Waals surface area contributed by atoms with E-state index < -0.39 is 0 Å². The summed E-state index contributed by atoms with van der Waals surface area (Å²) in [4.78, 5) is 0. The molecule has 2 aliphatic rings. The third-order valence-corrected chi connectivity index (χ3v) is 5.30. The standard InChI is InChI=1S/C15H24ClN3O/c1-4-17-12(11-7-10-5-6-14(11)20-10)8-13-15(16)9(2)18-19(13)3/h10-12,14,17H,4-8H2,1-3H3. The second-order valence-electron chi connectivity index (χ2n) is 6.11. The van der Waals surface area contributed by atoms with E-state index in [4.69, 9.17) is 16.3 Å². The number of nitrogens with zero attached hydrogens (tertiary/aromatic N) is 2. The van der Waals surface area contributed by atoms with E-state index in [2.05, 4.69) is 17.3 Å². The first kappa shape index (κ1) is 14.4.